The number of hydrogen-bond acceptors (Lipinski definition) is 3. The van der Waals surface area contributed by atoms with Gasteiger partial charge in [-0.3, -0.25) is 4.79 Å². The van der Waals surface area contributed by atoms with Crippen molar-refractivity contribution in [2.75, 3.05) is 18.1 Å². The van der Waals surface area contributed by atoms with Crippen LogP contribution in [0, 0.1) is 0 Å². The lowest BCUT2D eigenvalue weighted by molar-refractivity contribution is -0.121. The molecule has 0 rings (SSSR count). The van der Waals surface area contributed by atoms with E-state index >= 15 is 0 Å². The fraction of sp³-hybridized carbons (Fsp3) is 0.963. The van der Waals surface area contributed by atoms with E-state index in [1.54, 1.807) is 0 Å². The van der Waals surface area contributed by atoms with Crippen LogP contribution in [-0.4, -0.2) is 24.0 Å². The molecule has 0 unspecified atom stereocenters. The van der Waals surface area contributed by atoms with Gasteiger partial charge in [0.2, 0.25) is 5.91 Å². The first-order valence-electron chi connectivity index (χ1n) is 13.8. The minimum Gasteiger partial charge on any atom is -0.356 e. The lowest BCUT2D eigenvalue weighted by Gasteiger charge is -2.06. The van der Waals surface area contributed by atoms with Gasteiger partial charge in [0.15, 0.2) is 0 Å². The van der Waals surface area contributed by atoms with E-state index in [1.165, 1.54) is 128 Å². The van der Waals surface area contributed by atoms with Crippen LogP contribution < -0.4 is 5.32 Å². The maximum atomic E-state index is 11.9. The smallest absolute Gasteiger partial charge is 0.219 e. The summed E-state index contributed by atoms with van der Waals surface area (Å²) in [6.45, 7) is 0.871. The first kappa shape index (κ1) is 31.2. The molecule has 186 valence electrons. The maximum Gasteiger partial charge on any atom is 0.219 e. The van der Waals surface area contributed by atoms with Crippen LogP contribution in [0.4, 0.5) is 0 Å². The van der Waals surface area contributed by atoms with Gasteiger partial charge in [0.25, 0.3) is 0 Å². The second kappa shape index (κ2) is 28.2. The molecule has 0 aliphatic heterocycles. The zero-order valence-corrected chi connectivity index (χ0v) is 22.5. The largest absolute Gasteiger partial charge is 0.356 e. The fourth-order valence-corrected chi connectivity index (χ4v) is 4.58. The van der Waals surface area contributed by atoms with Crippen molar-refractivity contribution in [2.24, 2.45) is 0 Å². The number of unbranched alkanes of at least 4 members (excludes halogenated alkanes) is 20. The molecular weight excluding hydrogens is 418 g/mol. The molecule has 0 aromatic rings. The molecule has 1 amide bonds. The van der Waals surface area contributed by atoms with Crippen molar-refractivity contribution in [3.63, 3.8) is 0 Å². The average molecular weight is 474 g/mol. The van der Waals surface area contributed by atoms with Gasteiger partial charge in [-0.15, -0.1) is 0 Å². The van der Waals surface area contributed by atoms with E-state index < -0.39 is 0 Å². The van der Waals surface area contributed by atoms with E-state index in [4.69, 9.17) is 0 Å². The third-order valence-electron chi connectivity index (χ3n) is 6.22. The molecule has 0 bridgehead atoms. The molecule has 0 aromatic heterocycles. The van der Waals surface area contributed by atoms with Crippen LogP contribution in [0.1, 0.15) is 148 Å². The molecule has 0 radical (unpaired) electrons. The van der Waals surface area contributed by atoms with Gasteiger partial charge in [-0.1, -0.05) is 116 Å². The minimum atomic E-state index is 0.263. The minimum absolute atomic E-state index is 0.263. The van der Waals surface area contributed by atoms with E-state index in [1.807, 2.05) is 0 Å². The number of carbonyl (C=O) groups is 1. The van der Waals surface area contributed by atoms with E-state index in [9.17, 15) is 4.79 Å². The average Bonchev–Trinajstić information content (AvgIpc) is 2.77. The van der Waals surface area contributed by atoms with Gasteiger partial charge >= 0.3 is 0 Å². The normalized spacial score (nSPS) is 11.2. The van der Waals surface area contributed by atoms with Gasteiger partial charge in [0, 0.05) is 13.0 Å². The fourth-order valence-electron chi connectivity index (χ4n) is 4.13. The molecule has 0 aliphatic carbocycles. The Hall–Kier alpha value is 0.170. The van der Waals surface area contributed by atoms with Gasteiger partial charge < -0.3 is 5.32 Å². The van der Waals surface area contributed by atoms with E-state index in [0.29, 0.717) is 0 Å². The summed E-state index contributed by atoms with van der Waals surface area (Å²) in [5.41, 5.74) is 0. The van der Waals surface area contributed by atoms with Crippen LogP contribution in [0.3, 0.4) is 0 Å². The van der Waals surface area contributed by atoms with Crippen molar-refractivity contribution in [2.45, 2.75) is 148 Å². The molecule has 0 spiro atoms. The highest BCUT2D eigenvalue weighted by atomic mass is 32.1. The van der Waals surface area contributed by atoms with Crippen LogP contribution >= 0.6 is 25.3 Å². The van der Waals surface area contributed by atoms with Crippen LogP contribution in [0.5, 0.6) is 0 Å². The Bertz CT molecular complexity index is 352. The Kier molecular flexibility index (Phi) is 28.4. The molecule has 0 saturated carbocycles. The van der Waals surface area contributed by atoms with Crippen molar-refractivity contribution < 1.29 is 4.79 Å². The molecule has 1 N–H and O–H groups in total. The highest BCUT2D eigenvalue weighted by molar-refractivity contribution is 7.80. The Morgan fingerprint density at radius 3 is 1.06 bits per heavy atom. The number of hydrogen-bond donors (Lipinski definition) is 3. The monoisotopic (exact) mass is 473 g/mol. The standard InChI is InChI=1S/C27H55NOS2/c29-27(28-24-20-16-12-8-6-10-14-18-22-26-31)23-19-15-11-7-4-2-1-3-5-9-13-17-21-25-30/h30-31H,1-26H2,(H,28,29). The number of thiol groups is 2. The summed E-state index contributed by atoms with van der Waals surface area (Å²) in [5.74, 6) is 2.34. The highest BCUT2D eigenvalue weighted by Gasteiger charge is 2.01. The summed E-state index contributed by atoms with van der Waals surface area (Å²) in [4.78, 5) is 11.9. The molecule has 0 saturated heterocycles. The van der Waals surface area contributed by atoms with Crippen molar-refractivity contribution in [1.82, 2.24) is 5.32 Å². The van der Waals surface area contributed by atoms with E-state index in [0.717, 1.165) is 37.3 Å². The molecule has 0 aliphatic rings. The molecule has 4 heteroatoms. The van der Waals surface area contributed by atoms with Gasteiger partial charge in [-0.05, 0) is 37.2 Å². The third-order valence-corrected chi connectivity index (χ3v) is 6.85. The molecule has 31 heavy (non-hydrogen) atoms. The molecular formula is C27H55NOS2. The summed E-state index contributed by atoms with van der Waals surface area (Å²) in [6.07, 6.45) is 29.9. The molecule has 0 fully saturated rings. The maximum absolute atomic E-state index is 11.9. The van der Waals surface area contributed by atoms with E-state index in [2.05, 4.69) is 30.6 Å². The molecule has 0 heterocycles. The second-order valence-corrected chi connectivity index (χ2v) is 10.2. The zero-order chi connectivity index (χ0) is 22.7. The second-order valence-electron chi connectivity index (χ2n) is 9.33. The van der Waals surface area contributed by atoms with E-state index in [-0.39, 0.29) is 5.91 Å². The summed E-state index contributed by atoms with van der Waals surface area (Å²) in [5, 5.41) is 3.10. The van der Waals surface area contributed by atoms with Crippen molar-refractivity contribution in [3.05, 3.63) is 0 Å². The van der Waals surface area contributed by atoms with Crippen molar-refractivity contribution >= 4 is 31.2 Å². The Morgan fingerprint density at radius 2 is 0.710 bits per heavy atom. The first-order valence-corrected chi connectivity index (χ1v) is 15.1. The van der Waals surface area contributed by atoms with Crippen molar-refractivity contribution in [3.8, 4) is 0 Å². The van der Waals surface area contributed by atoms with Crippen LogP contribution in [-0.2, 0) is 4.79 Å². The number of nitrogens with one attached hydrogen (secondary N) is 1. The lowest BCUT2D eigenvalue weighted by atomic mass is 10.0. The molecule has 2 nitrogen and oxygen atoms in total. The third kappa shape index (κ3) is 28.1. The molecule has 0 atom stereocenters. The number of rotatable bonds is 26. The van der Waals surface area contributed by atoms with Crippen molar-refractivity contribution in [1.29, 1.82) is 0 Å². The quantitative estimate of drug-likeness (QED) is 0.0849. The summed E-state index contributed by atoms with van der Waals surface area (Å²) < 4.78 is 0. The van der Waals surface area contributed by atoms with Crippen LogP contribution in [0.2, 0.25) is 0 Å². The number of carbonyl (C=O) groups excluding carboxylic acids is 1. The molecule has 0 aromatic carbocycles. The highest BCUT2D eigenvalue weighted by Crippen LogP contribution is 2.13. The topological polar surface area (TPSA) is 29.1 Å². The SMILES string of the molecule is O=C(CCCCCCCCCCCCCCCS)NCCCCCCCCCCCS. The van der Waals surface area contributed by atoms with Gasteiger partial charge in [0.1, 0.15) is 0 Å². The van der Waals surface area contributed by atoms with Gasteiger partial charge in [-0.25, -0.2) is 0 Å². The lowest BCUT2D eigenvalue weighted by Crippen LogP contribution is -2.23. The predicted octanol–water partition coefficient (Wildman–Crippen LogP) is 8.93. The first-order chi connectivity index (χ1) is 15.3. The van der Waals surface area contributed by atoms with Gasteiger partial charge in [0.05, 0.1) is 0 Å². The zero-order valence-electron chi connectivity index (χ0n) is 20.7. The summed E-state index contributed by atoms with van der Waals surface area (Å²) in [7, 11) is 0. The summed E-state index contributed by atoms with van der Waals surface area (Å²) >= 11 is 8.51. The summed E-state index contributed by atoms with van der Waals surface area (Å²) in [6, 6.07) is 0. The Morgan fingerprint density at radius 1 is 0.419 bits per heavy atom. The van der Waals surface area contributed by atoms with Gasteiger partial charge in [-0.2, -0.15) is 25.3 Å². The van der Waals surface area contributed by atoms with Crippen LogP contribution in [0.25, 0.3) is 0 Å². The number of amides is 1. The Labute approximate surface area is 206 Å². The Balaban J connectivity index is 3.13. The predicted molar refractivity (Wildman–Crippen MR) is 147 cm³/mol. The van der Waals surface area contributed by atoms with Crippen LogP contribution in [0.15, 0.2) is 0 Å².